The van der Waals surface area contributed by atoms with Gasteiger partial charge in [-0.3, -0.25) is 4.79 Å². The lowest BCUT2D eigenvalue weighted by atomic mass is 10.1. The Morgan fingerprint density at radius 2 is 2.37 bits per heavy atom. The topological polar surface area (TPSA) is 58.8 Å². The average Bonchev–Trinajstić information content (AvgIpc) is 3.04. The predicted molar refractivity (Wildman–Crippen MR) is 67.8 cm³/mol. The molecule has 104 valence electrons. The summed E-state index contributed by atoms with van der Waals surface area (Å²) in [6.45, 7) is 7.34. The van der Waals surface area contributed by atoms with Crippen LogP contribution in [-0.4, -0.2) is 66.1 Å². The number of likely N-dealkylation sites (N-methyl/N-ethyl adjacent to an activating group) is 1. The van der Waals surface area contributed by atoms with Gasteiger partial charge in [0.05, 0.1) is 12.7 Å². The lowest BCUT2D eigenvalue weighted by Gasteiger charge is -2.21. The van der Waals surface area contributed by atoms with Gasteiger partial charge in [-0.15, -0.1) is 0 Å². The minimum atomic E-state index is -0.0616. The molecule has 0 spiro atoms. The quantitative estimate of drug-likeness (QED) is 0.778. The van der Waals surface area contributed by atoms with E-state index in [0.29, 0.717) is 18.2 Å². The third-order valence-electron chi connectivity index (χ3n) is 4.00. The van der Waals surface area contributed by atoms with Crippen LogP contribution in [-0.2, 0) is 4.74 Å². The molecule has 1 aromatic rings. The molecule has 0 unspecified atom stereocenters. The van der Waals surface area contributed by atoms with Gasteiger partial charge in [0.2, 0.25) is 0 Å². The van der Waals surface area contributed by atoms with E-state index in [0.717, 1.165) is 32.8 Å². The Morgan fingerprint density at radius 3 is 3.11 bits per heavy atom. The Hall–Kier alpha value is -1.40. The van der Waals surface area contributed by atoms with Crippen molar-refractivity contribution in [3.63, 3.8) is 0 Å². The van der Waals surface area contributed by atoms with Gasteiger partial charge in [-0.25, -0.2) is 4.98 Å². The van der Waals surface area contributed by atoms with Gasteiger partial charge < -0.3 is 19.0 Å². The number of aromatic nitrogens is 1. The first-order valence-electron chi connectivity index (χ1n) is 6.79. The molecule has 0 aromatic carbocycles. The monoisotopic (exact) mass is 265 g/mol. The zero-order chi connectivity index (χ0) is 13.2. The summed E-state index contributed by atoms with van der Waals surface area (Å²) in [6, 6.07) is 0. The van der Waals surface area contributed by atoms with E-state index in [1.807, 2.05) is 4.90 Å². The van der Waals surface area contributed by atoms with Gasteiger partial charge in [-0.1, -0.05) is 6.92 Å². The molecule has 0 radical (unpaired) electrons. The highest BCUT2D eigenvalue weighted by Crippen LogP contribution is 2.24. The van der Waals surface area contributed by atoms with Gasteiger partial charge in [0.25, 0.3) is 5.91 Å². The van der Waals surface area contributed by atoms with Gasteiger partial charge in [0.1, 0.15) is 6.26 Å². The van der Waals surface area contributed by atoms with Crippen LogP contribution in [0.15, 0.2) is 17.1 Å². The van der Waals surface area contributed by atoms with Crippen molar-refractivity contribution in [2.75, 3.05) is 39.3 Å². The number of likely N-dealkylation sites (tertiary alicyclic amines) is 1. The molecule has 1 amide bonds. The number of nitrogens with zero attached hydrogens (tertiary/aromatic N) is 3. The molecule has 0 bridgehead atoms. The fraction of sp³-hybridized carbons (Fsp3) is 0.692. The minimum Gasteiger partial charge on any atom is -0.451 e. The highest BCUT2D eigenvalue weighted by molar-refractivity contribution is 5.92. The van der Waals surface area contributed by atoms with Gasteiger partial charge in [-0.2, -0.15) is 0 Å². The van der Waals surface area contributed by atoms with Crippen molar-refractivity contribution >= 4 is 5.91 Å². The largest absolute Gasteiger partial charge is 0.451 e. The first kappa shape index (κ1) is 12.6. The van der Waals surface area contributed by atoms with Crippen LogP contribution in [0.1, 0.15) is 17.4 Å². The number of oxazole rings is 1. The molecule has 6 nitrogen and oxygen atoms in total. The third-order valence-corrected chi connectivity index (χ3v) is 4.00. The Balaban J connectivity index is 1.67. The van der Waals surface area contributed by atoms with Crippen LogP contribution in [0.2, 0.25) is 0 Å². The molecular weight excluding hydrogens is 246 g/mol. The Morgan fingerprint density at radius 1 is 1.47 bits per heavy atom. The van der Waals surface area contributed by atoms with Crippen LogP contribution in [0.4, 0.5) is 0 Å². The van der Waals surface area contributed by atoms with E-state index < -0.39 is 0 Å². The molecule has 0 saturated carbocycles. The van der Waals surface area contributed by atoms with Gasteiger partial charge in [0, 0.05) is 32.1 Å². The van der Waals surface area contributed by atoms with Crippen molar-refractivity contribution < 1.29 is 13.9 Å². The van der Waals surface area contributed by atoms with Crippen molar-refractivity contribution in [2.45, 2.75) is 13.0 Å². The molecule has 2 atom stereocenters. The second-order valence-corrected chi connectivity index (χ2v) is 5.15. The van der Waals surface area contributed by atoms with E-state index >= 15 is 0 Å². The van der Waals surface area contributed by atoms with E-state index in [2.05, 4.69) is 16.8 Å². The molecule has 2 fully saturated rings. The maximum absolute atomic E-state index is 12.2. The van der Waals surface area contributed by atoms with E-state index in [9.17, 15) is 4.79 Å². The molecule has 0 N–H and O–H groups in total. The van der Waals surface area contributed by atoms with E-state index in [4.69, 9.17) is 9.15 Å². The number of hydrogen-bond acceptors (Lipinski definition) is 5. The predicted octanol–water partition coefficient (Wildman–Crippen LogP) is 0.467. The number of ether oxygens (including phenoxy) is 1. The summed E-state index contributed by atoms with van der Waals surface area (Å²) in [5.74, 6) is 0.340. The third kappa shape index (κ3) is 2.50. The van der Waals surface area contributed by atoms with Crippen LogP contribution in [0.3, 0.4) is 0 Å². The van der Waals surface area contributed by atoms with E-state index in [1.54, 1.807) is 0 Å². The van der Waals surface area contributed by atoms with Crippen molar-refractivity contribution in [3.8, 4) is 0 Å². The minimum absolute atomic E-state index is 0.0616. The maximum Gasteiger partial charge on any atom is 0.275 e. The first-order valence-corrected chi connectivity index (χ1v) is 6.79. The van der Waals surface area contributed by atoms with E-state index in [-0.39, 0.29) is 12.0 Å². The van der Waals surface area contributed by atoms with E-state index in [1.165, 1.54) is 12.7 Å². The zero-order valence-corrected chi connectivity index (χ0v) is 11.1. The molecule has 6 heteroatoms. The number of fused-ring (bicyclic) bond motifs is 1. The smallest absolute Gasteiger partial charge is 0.275 e. The van der Waals surface area contributed by atoms with Crippen LogP contribution in [0.5, 0.6) is 0 Å². The average molecular weight is 265 g/mol. The number of carbonyl (C=O) groups excluding carboxylic acids is 1. The second kappa shape index (κ2) is 5.30. The molecule has 19 heavy (non-hydrogen) atoms. The summed E-state index contributed by atoms with van der Waals surface area (Å²) in [5, 5.41) is 0. The summed E-state index contributed by atoms with van der Waals surface area (Å²) >= 11 is 0. The fourth-order valence-electron chi connectivity index (χ4n) is 2.89. The van der Waals surface area contributed by atoms with Crippen molar-refractivity contribution in [3.05, 3.63) is 18.4 Å². The molecule has 1 aromatic heterocycles. The fourth-order valence-corrected chi connectivity index (χ4v) is 2.89. The summed E-state index contributed by atoms with van der Waals surface area (Å²) in [5.41, 5.74) is 0.379. The summed E-state index contributed by atoms with van der Waals surface area (Å²) in [7, 11) is 0. The number of carbonyl (C=O) groups is 1. The summed E-state index contributed by atoms with van der Waals surface area (Å²) < 4.78 is 10.7. The van der Waals surface area contributed by atoms with Crippen molar-refractivity contribution in [2.24, 2.45) is 5.92 Å². The molecule has 2 aliphatic rings. The SMILES string of the molecule is CCN1CCO[C@H]2CN(C(=O)c3cocn3)C[C@H]2C1. The lowest BCUT2D eigenvalue weighted by Crippen LogP contribution is -2.33. The highest BCUT2D eigenvalue weighted by Gasteiger charge is 2.38. The number of amides is 1. The summed E-state index contributed by atoms with van der Waals surface area (Å²) in [6.07, 6.45) is 2.85. The molecule has 0 aliphatic carbocycles. The highest BCUT2D eigenvalue weighted by atomic mass is 16.5. The maximum atomic E-state index is 12.2. The van der Waals surface area contributed by atoms with Gasteiger partial charge in [-0.05, 0) is 6.54 Å². The van der Waals surface area contributed by atoms with Crippen LogP contribution < -0.4 is 0 Å². The van der Waals surface area contributed by atoms with Gasteiger partial charge in [0.15, 0.2) is 12.1 Å². The normalized spacial score (nSPS) is 28.2. The zero-order valence-electron chi connectivity index (χ0n) is 11.1. The van der Waals surface area contributed by atoms with Crippen LogP contribution >= 0.6 is 0 Å². The molecule has 2 saturated heterocycles. The van der Waals surface area contributed by atoms with Crippen LogP contribution in [0, 0.1) is 5.92 Å². The molecule has 3 heterocycles. The van der Waals surface area contributed by atoms with Crippen LogP contribution in [0.25, 0.3) is 0 Å². The Labute approximate surface area is 112 Å². The second-order valence-electron chi connectivity index (χ2n) is 5.15. The van der Waals surface area contributed by atoms with Crippen molar-refractivity contribution in [1.29, 1.82) is 0 Å². The molecule has 2 aliphatic heterocycles. The summed E-state index contributed by atoms with van der Waals surface area (Å²) in [4.78, 5) is 20.4. The first-order chi connectivity index (χ1) is 9.28. The number of rotatable bonds is 2. The van der Waals surface area contributed by atoms with Crippen molar-refractivity contribution in [1.82, 2.24) is 14.8 Å². The number of hydrogen-bond donors (Lipinski definition) is 0. The lowest BCUT2D eigenvalue weighted by molar-refractivity contribution is 0.0484. The molecular formula is C13H19N3O3. The van der Waals surface area contributed by atoms with Gasteiger partial charge >= 0.3 is 0 Å². The standard InChI is InChI=1S/C13H19N3O3/c1-2-15-3-4-19-12-7-16(6-10(12)5-15)13(17)11-8-18-9-14-11/h8-10,12H,2-7H2,1H3/t10-,12+/m1/s1. The molecule has 3 rings (SSSR count). The Bertz CT molecular complexity index is 434. The Kier molecular flexibility index (Phi) is 3.52.